The van der Waals surface area contributed by atoms with Crippen LogP contribution in [0.25, 0.3) is 0 Å². The van der Waals surface area contributed by atoms with E-state index in [2.05, 4.69) is 0 Å². The lowest BCUT2D eigenvalue weighted by Gasteiger charge is -2.06. The summed E-state index contributed by atoms with van der Waals surface area (Å²) in [7, 11) is 0. The molecule has 1 heterocycles. The lowest BCUT2D eigenvalue weighted by Crippen LogP contribution is -1.96. The molecule has 0 spiro atoms. The summed E-state index contributed by atoms with van der Waals surface area (Å²) in [6.07, 6.45) is 0.696. The van der Waals surface area contributed by atoms with E-state index in [4.69, 9.17) is 10.2 Å². The van der Waals surface area contributed by atoms with Crippen molar-refractivity contribution in [1.82, 2.24) is 0 Å². The fourth-order valence-electron chi connectivity index (χ4n) is 1.28. The highest BCUT2D eigenvalue weighted by atomic mass is 16.5. The zero-order chi connectivity index (χ0) is 11.9. The van der Waals surface area contributed by atoms with Gasteiger partial charge in [0.15, 0.2) is 0 Å². The van der Waals surface area contributed by atoms with Crippen LogP contribution in [-0.2, 0) is 4.74 Å². The SMILES string of the molecule is [2H]c1c([2H])c(C2CCOC2)c([2H])c([2H])c1O. The number of phenolic OH excluding ortho intramolecular Hbond substituents is 1. The van der Waals surface area contributed by atoms with Crippen LogP contribution in [0.2, 0.25) is 0 Å². The molecule has 1 aromatic rings. The second-order valence-corrected chi connectivity index (χ2v) is 2.82. The van der Waals surface area contributed by atoms with Gasteiger partial charge in [-0.2, -0.15) is 0 Å². The molecule has 1 unspecified atom stereocenters. The first-order chi connectivity index (χ1) is 7.54. The number of aromatic hydroxyl groups is 1. The van der Waals surface area contributed by atoms with Crippen molar-refractivity contribution in [2.24, 2.45) is 0 Å². The predicted octanol–water partition coefficient (Wildman–Crippen LogP) is 1.90. The normalized spacial score (nSPS) is 27.5. The molecule has 0 aromatic heterocycles. The fraction of sp³-hybridized carbons (Fsp3) is 0.400. The molecule has 0 bridgehead atoms. The number of rotatable bonds is 1. The lowest BCUT2D eigenvalue weighted by atomic mass is 9.99. The van der Waals surface area contributed by atoms with Crippen molar-refractivity contribution in [3.63, 3.8) is 0 Å². The summed E-state index contributed by atoms with van der Waals surface area (Å²) in [4.78, 5) is 0. The van der Waals surface area contributed by atoms with E-state index in [-0.39, 0.29) is 30.1 Å². The van der Waals surface area contributed by atoms with Crippen LogP contribution in [0.5, 0.6) is 5.75 Å². The summed E-state index contributed by atoms with van der Waals surface area (Å²) in [6.45, 7) is 0.993. The number of hydrogen-bond acceptors (Lipinski definition) is 2. The highest BCUT2D eigenvalue weighted by Gasteiger charge is 2.16. The van der Waals surface area contributed by atoms with Gasteiger partial charge in [0.1, 0.15) is 5.75 Å². The molecule has 1 aromatic carbocycles. The van der Waals surface area contributed by atoms with Crippen LogP contribution in [0.15, 0.2) is 24.2 Å². The molecule has 1 N–H and O–H groups in total. The first-order valence-corrected chi connectivity index (χ1v) is 3.91. The zero-order valence-corrected chi connectivity index (χ0v) is 6.55. The highest BCUT2D eigenvalue weighted by Crippen LogP contribution is 2.25. The highest BCUT2D eigenvalue weighted by molar-refractivity contribution is 5.28. The molecule has 1 atom stereocenters. The second-order valence-electron chi connectivity index (χ2n) is 2.82. The molecular formula is C10H12O2. The molecule has 0 saturated carbocycles. The van der Waals surface area contributed by atoms with Gasteiger partial charge in [-0.05, 0) is 24.1 Å². The molecule has 0 amide bonds. The van der Waals surface area contributed by atoms with Crippen molar-refractivity contribution in [3.8, 4) is 5.75 Å². The average Bonchev–Trinajstić information content (AvgIpc) is 2.77. The van der Waals surface area contributed by atoms with Gasteiger partial charge in [0, 0.05) is 12.5 Å². The van der Waals surface area contributed by atoms with E-state index in [9.17, 15) is 5.11 Å². The van der Waals surface area contributed by atoms with Crippen LogP contribution < -0.4 is 0 Å². The Morgan fingerprint density at radius 2 is 2.17 bits per heavy atom. The van der Waals surface area contributed by atoms with Gasteiger partial charge in [0.25, 0.3) is 0 Å². The van der Waals surface area contributed by atoms with Crippen molar-refractivity contribution in [1.29, 1.82) is 0 Å². The van der Waals surface area contributed by atoms with E-state index >= 15 is 0 Å². The van der Waals surface area contributed by atoms with Crippen molar-refractivity contribution >= 4 is 0 Å². The monoisotopic (exact) mass is 168 g/mol. The summed E-state index contributed by atoms with van der Waals surface area (Å²) in [6, 6.07) is -1.06. The van der Waals surface area contributed by atoms with Gasteiger partial charge >= 0.3 is 0 Å². The Bertz CT molecular complexity index is 398. The largest absolute Gasteiger partial charge is 0.508 e. The summed E-state index contributed by atoms with van der Waals surface area (Å²) < 4.78 is 35.7. The van der Waals surface area contributed by atoms with Gasteiger partial charge in [-0.25, -0.2) is 0 Å². The average molecular weight is 168 g/mol. The van der Waals surface area contributed by atoms with Crippen LogP contribution >= 0.6 is 0 Å². The van der Waals surface area contributed by atoms with E-state index in [1.165, 1.54) is 0 Å². The van der Waals surface area contributed by atoms with E-state index in [1.54, 1.807) is 0 Å². The van der Waals surface area contributed by atoms with Gasteiger partial charge in [0.2, 0.25) is 0 Å². The van der Waals surface area contributed by atoms with Crippen LogP contribution in [0.4, 0.5) is 0 Å². The summed E-state index contributed by atoms with van der Waals surface area (Å²) in [5.74, 6) is -0.688. The van der Waals surface area contributed by atoms with Crippen LogP contribution in [0.3, 0.4) is 0 Å². The lowest BCUT2D eigenvalue weighted by molar-refractivity contribution is 0.194. The molecule has 0 radical (unpaired) electrons. The Balaban J connectivity index is 2.59. The molecule has 1 aliphatic heterocycles. The van der Waals surface area contributed by atoms with Gasteiger partial charge in [0.05, 0.1) is 12.1 Å². The Hall–Kier alpha value is -1.02. The van der Waals surface area contributed by atoms with E-state index in [0.29, 0.717) is 25.2 Å². The Morgan fingerprint density at radius 3 is 2.75 bits per heavy atom. The van der Waals surface area contributed by atoms with Crippen molar-refractivity contribution in [2.75, 3.05) is 13.2 Å². The summed E-state index contributed by atoms with van der Waals surface area (Å²) in [5, 5.41) is 9.39. The quantitative estimate of drug-likeness (QED) is 0.694. The minimum Gasteiger partial charge on any atom is -0.508 e. The summed E-state index contributed by atoms with van der Waals surface area (Å²) >= 11 is 0. The standard InChI is InChI=1S/C10H12O2/c11-10-3-1-8(2-4-10)9-5-6-12-7-9/h1-4,9,11H,5-7H2/i1D,2D,3D,4D. The Morgan fingerprint density at radius 1 is 1.42 bits per heavy atom. The third kappa shape index (κ3) is 1.43. The number of ether oxygens (including phenoxy) is 1. The maximum Gasteiger partial charge on any atom is 0.115 e. The van der Waals surface area contributed by atoms with E-state index < -0.39 is 5.75 Å². The molecular weight excluding hydrogens is 152 g/mol. The summed E-state index contributed by atoms with van der Waals surface area (Å²) in [5.41, 5.74) is 0.352. The van der Waals surface area contributed by atoms with E-state index in [0.717, 1.165) is 0 Å². The molecule has 2 heteroatoms. The number of benzene rings is 1. The van der Waals surface area contributed by atoms with Crippen molar-refractivity contribution < 1.29 is 15.3 Å². The third-order valence-corrected chi connectivity index (χ3v) is 1.97. The molecule has 1 saturated heterocycles. The molecule has 12 heavy (non-hydrogen) atoms. The van der Waals surface area contributed by atoms with Crippen molar-refractivity contribution in [2.45, 2.75) is 12.3 Å². The number of hydrogen-bond donors (Lipinski definition) is 1. The van der Waals surface area contributed by atoms with Crippen LogP contribution in [0, 0.1) is 0 Å². The van der Waals surface area contributed by atoms with Gasteiger partial charge in [-0.15, -0.1) is 0 Å². The predicted molar refractivity (Wildman–Crippen MR) is 46.3 cm³/mol. The maximum atomic E-state index is 9.39. The number of phenols is 1. The van der Waals surface area contributed by atoms with Crippen LogP contribution in [0.1, 0.15) is 23.4 Å². The maximum absolute atomic E-state index is 9.39. The fourth-order valence-corrected chi connectivity index (χ4v) is 1.28. The topological polar surface area (TPSA) is 29.5 Å². The van der Waals surface area contributed by atoms with E-state index in [1.807, 2.05) is 0 Å². The third-order valence-electron chi connectivity index (χ3n) is 1.97. The van der Waals surface area contributed by atoms with Gasteiger partial charge < -0.3 is 9.84 Å². The minimum absolute atomic E-state index is 0.103. The Kier molecular flexibility index (Phi) is 1.12. The second kappa shape index (κ2) is 3.15. The van der Waals surface area contributed by atoms with Crippen molar-refractivity contribution in [3.05, 3.63) is 29.7 Å². The smallest absolute Gasteiger partial charge is 0.115 e. The molecule has 0 aliphatic carbocycles. The van der Waals surface area contributed by atoms with Crippen LogP contribution in [-0.4, -0.2) is 18.3 Å². The molecule has 1 aliphatic rings. The molecule has 1 fully saturated rings. The first-order valence-electron chi connectivity index (χ1n) is 5.91. The zero-order valence-electron chi connectivity index (χ0n) is 10.6. The first kappa shape index (κ1) is 4.28. The molecule has 64 valence electrons. The Labute approximate surface area is 77.4 Å². The van der Waals surface area contributed by atoms with Gasteiger partial charge in [-0.1, -0.05) is 12.1 Å². The minimum atomic E-state index is -0.585. The van der Waals surface area contributed by atoms with Gasteiger partial charge in [-0.3, -0.25) is 0 Å². The molecule has 2 nitrogen and oxygen atoms in total. The molecule has 2 rings (SSSR count).